The van der Waals surface area contributed by atoms with E-state index in [1.165, 1.54) is 0 Å². The number of thiocarbonyl (C=S) groups is 1. The molecule has 2 atom stereocenters. The number of anilines is 1. The van der Waals surface area contributed by atoms with Crippen LogP contribution >= 0.6 is 12.2 Å². The largest absolute Gasteiger partial charge is 0.495 e. The zero-order chi connectivity index (χ0) is 22.7. The quantitative estimate of drug-likeness (QED) is 0.536. The molecular formula is C24H27N5O2S. The van der Waals surface area contributed by atoms with Crippen LogP contribution in [0.25, 0.3) is 0 Å². The summed E-state index contributed by atoms with van der Waals surface area (Å²) in [5, 5.41) is 6.99. The van der Waals surface area contributed by atoms with Gasteiger partial charge >= 0.3 is 0 Å². The van der Waals surface area contributed by atoms with Crippen LogP contribution in [0.2, 0.25) is 0 Å². The van der Waals surface area contributed by atoms with Gasteiger partial charge in [-0.3, -0.25) is 9.78 Å². The Labute approximate surface area is 193 Å². The summed E-state index contributed by atoms with van der Waals surface area (Å²) in [4.78, 5) is 19.4. The molecule has 1 aromatic carbocycles. The number of nitrogens with zero attached hydrogens (tertiary/aromatic N) is 3. The minimum atomic E-state index is -0.103. The molecule has 7 nitrogen and oxygen atoms in total. The van der Waals surface area contributed by atoms with Crippen LogP contribution < -0.4 is 15.4 Å². The van der Waals surface area contributed by atoms with Crippen LogP contribution in [-0.2, 0) is 11.8 Å². The van der Waals surface area contributed by atoms with Gasteiger partial charge in [0.15, 0.2) is 5.11 Å². The second-order valence-electron chi connectivity index (χ2n) is 7.78. The van der Waals surface area contributed by atoms with E-state index in [1.54, 1.807) is 13.3 Å². The Morgan fingerprint density at radius 2 is 1.97 bits per heavy atom. The predicted octanol–water partition coefficient (Wildman–Crippen LogP) is 3.74. The minimum absolute atomic E-state index is 0.0739. The molecule has 2 N–H and O–H groups in total. The number of nitrogens with one attached hydrogen (secondary N) is 2. The van der Waals surface area contributed by atoms with Crippen LogP contribution in [-0.4, -0.2) is 39.1 Å². The lowest BCUT2D eigenvalue weighted by molar-refractivity contribution is -0.116. The molecule has 1 amide bonds. The molecule has 1 fully saturated rings. The summed E-state index contributed by atoms with van der Waals surface area (Å²) in [6.07, 6.45) is 2.07. The second kappa shape index (κ2) is 9.40. The average Bonchev–Trinajstić information content (AvgIpc) is 3.31. The van der Waals surface area contributed by atoms with Crippen LogP contribution in [0.3, 0.4) is 0 Å². The number of benzene rings is 1. The molecule has 0 saturated carbocycles. The smallest absolute Gasteiger partial charge is 0.226 e. The van der Waals surface area contributed by atoms with Gasteiger partial charge in [-0.25, -0.2) is 0 Å². The zero-order valence-electron chi connectivity index (χ0n) is 18.4. The van der Waals surface area contributed by atoms with E-state index in [0.717, 1.165) is 17.1 Å². The molecular weight excluding hydrogens is 422 g/mol. The highest BCUT2D eigenvalue weighted by Crippen LogP contribution is 2.39. The van der Waals surface area contributed by atoms with Gasteiger partial charge in [0.2, 0.25) is 5.91 Å². The number of aromatic nitrogens is 2. The number of methoxy groups -OCH3 is 1. The topological polar surface area (TPSA) is 71.4 Å². The van der Waals surface area contributed by atoms with Gasteiger partial charge in [-0.2, -0.15) is 0 Å². The number of ether oxygens (including phenoxy) is 1. The third-order valence-corrected chi connectivity index (χ3v) is 6.23. The molecule has 4 rings (SSSR count). The van der Waals surface area contributed by atoms with Gasteiger partial charge in [0.1, 0.15) is 5.75 Å². The molecule has 0 radical (unpaired) electrons. The number of carbonyl (C=O) groups excluding carboxylic acids is 1. The normalized spacial score (nSPS) is 17.8. The molecule has 3 aromatic rings. The number of aryl methyl sites for hydroxylation is 1. The lowest BCUT2D eigenvalue weighted by atomic mass is 10.0. The summed E-state index contributed by atoms with van der Waals surface area (Å²) in [6.45, 7) is 2.55. The second-order valence-corrected chi connectivity index (χ2v) is 8.16. The molecule has 2 aromatic heterocycles. The van der Waals surface area contributed by atoms with E-state index in [9.17, 15) is 4.79 Å². The molecule has 3 heterocycles. The van der Waals surface area contributed by atoms with E-state index < -0.39 is 0 Å². The molecule has 2 unspecified atom stereocenters. The monoisotopic (exact) mass is 449 g/mol. The van der Waals surface area contributed by atoms with Crippen molar-refractivity contribution in [3.8, 4) is 5.75 Å². The Morgan fingerprint density at radius 3 is 2.66 bits per heavy atom. The Bertz CT molecular complexity index is 1110. The molecule has 166 valence electrons. The number of amides is 1. The lowest BCUT2D eigenvalue weighted by Crippen LogP contribution is -2.33. The summed E-state index contributed by atoms with van der Waals surface area (Å²) in [5.74, 6) is 0.534. The zero-order valence-corrected chi connectivity index (χ0v) is 19.2. The van der Waals surface area contributed by atoms with Gasteiger partial charge < -0.3 is 24.8 Å². The molecule has 8 heteroatoms. The number of hydrogen-bond donors (Lipinski definition) is 2. The fourth-order valence-corrected chi connectivity index (χ4v) is 4.41. The van der Waals surface area contributed by atoms with Gasteiger partial charge in [0.25, 0.3) is 0 Å². The maximum absolute atomic E-state index is 12.7. The highest BCUT2D eigenvalue weighted by molar-refractivity contribution is 7.80. The molecule has 0 aliphatic carbocycles. The Morgan fingerprint density at radius 1 is 1.19 bits per heavy atom. The Kier molecular flexibility index (Phi) is 6.41. The third-order valence-electron chi connectivity index (χ3n) is 5.87. The first-order valence-corrected chi connectivity index (χ1v) is 10.9. The highest BCUT2D eigenvalue weighted by Gasteiger charge is 2.41. The van der Waals surface area contributed by atoms with E-state index in [4.69, 9.17) is 17.0 Å². The Hall–Kier alpha value is -3.39. The molecule has 32 heavy (non-hydrogen) atoms. The molecule has 0 bridgehead atoms. The van der Waals surface area contributed by atoms with E-state index in [-0.39, 0.29) is 24.4 Å². The summed E-state index contributed by atoms with van der Waals surface area (Å²) in [6, 6.07) is 17.3. The first kappa shape index (κ1) is 21.8. The van der Waals surface area contributed by atoms with Crippen molar-refractivity contribution in [3.63, 3.8) is 0 Å². The summed E-state index contributed by atoms with van der Waals surface area (Å²) < 4.78 is 7.49. The maximum atomic E-state index is 12.7. The first-order valence-electron chi connectivity index (χ1n) is 10.5. The standard InChI is InChI=1S/C24H27N5O2S/c1-16-11-12-19(28(16)2)23-22(18-9-6-7-14-25-18)27-24(32)29(23)15-13-21(30)26-17-8-4-5-10-20(17)31-3/h4-12,14,22-23H,13,15H2,1-3H3,(H,26,30)(H,27,32). The number of carbonyl (C=O) groups is 1. The van der Waals surface area contributed by atoms with Crippen molar-refractivity contribution >= 4 is 28.9 Å². The third kappa shape index (κ3) is 4.31. The minimum Gasteiger partial charge on any atom is -0.495 e. The van der Waals surface area contributed by atoms with Gasteiger partial charge in [-0.15, -0.1) is 0 Å². The molecule has 1 saturated heterocycles. The van der Waals surface area contributed by atoms with Crippen molar-refractivity contribution in [3.05, 3.63) is 77.9 Å². The lowest BCUT2D eigenvalue weighted by Gasteiger charge is -2.28. The maximum Gasteiger partial charge on any atom is 0.226 e. The van der Waals surface area contributed by atoms with E-state index in [2.05, 4.69) is 44.1 Å². The molecule has 0 spiro atoms. The van der Waals surface area contributed by atoms with Crippen molar-refractivity contribution in [1.29, 1.82) is 0 Å². The van der Waals surface area contributed by atoms with Gasteiger partial charge in [0, 0.05) is 37.6 Å². The molecule has 1 aliphatic heterocycles. The number of pyridine rings is 1. The number of para-hydroxylation sites is 2. The van der Waals surface area contributed by atoms with E-state index in [0.29, 0.717) is 23.1 Å². The van der Waals surface area contributed by atoms with Crippen LogP contribution in [0.15, 0.2) is 60.8 Å². The van der Waals surface area contributed by atoms with Crippen molar-refractivity contribution in [2.45, 2.75) is 25.4 Å². The van der Waals surface area contributed by atoms with Crippen LogP contribution in [0, 0.1) is 6.92 Å². The Balaban J connectivity index is 1.55. The van der Waals surface area contributed by atoms with Gasteiger partial charge in [0.05, 0.1) is 30.6 Å². The number of rotatable bonds is 7. The number of hydrogen-bond acceptors (Lipinski definition) is 4. The molecule has 1 aliphatic rings. The SMILES string of the molecule is COc1ccccc1NC(=O)CCN1C(=S)NC(c2ccccn2)C1c1ccc(C)n1C. The van der Waals surface area contributed by atoms with Crippen LogP contribution in [0.5, 0.6) is 5.75 Å². The fraction of sp³-hybridized carbons (Fsp3) is 0.292. The average molecular weight is 450 g/mol. The van der Waals surface area contributed by atoms with Gasteiger partial charge in [-0.05, 0) is 55.5 Å². The van der Waals surface area contributed by atoms with Crippen molar-refractivity contribution in [1.82, 2.24) is 19.8 Å². The van der Waals surface area contributed by atoms with E-state index >= 15 is 0 Å². The van der Waals surface area contributed by atoms with E-state index in [1.807, 2.05) is 49.5 Å². The first-order chi connectivity index (χ1) is 15.5. The van der Waals surface area contributed by atoms with Crippen LogP contribution in [0.4, 0.5) is 5.69 Å². The van der Waals surface area contributed by atoms with Crippen molar-refractivity contribution in [2.75, 3.05) is 19.0 Å². The predicted molar refractivity (Wildman–Crippen MR) is 129 cm³/mol. The summed E-state index contributed by atoms with van der Waals surface area (Å²) >= 11 is 5.69. The summed E-state index contributed by atoms with van der Waals surface area (Å²) in [7, 11) is 3.64. The highest BCUT2D eigenvalue weighted by atomic mass is 32.1. The van der Waals surface area contributed by atoms with Crippen molar-refractivity contribution < 1.29 is 9.53 Å². The summed E-state index contributed by atoms with van der Waals surface area (Å²) in [5.41, 5.74) is 3.85. The van der Waals surface area contributed by atoms with Gasteiger partial charge in [-0.1, -0.05) is 18.2 Å². The van der Waals surface area contributed by atoms with Crippen LogP contribution in [0.1, 0.15) is 35.6 Å². The fourth-order valence-electron chi connectivity index (χ4n) is 4.08. The van der Waals surface area contributed by atoms with Crippen molar-refractivity contribution in [2.24, 2.45) is 7.05 Å².